The Bertz CT molecular complexity index is 123. The van der Waals surface area contributed by atoms with Crippen LogP contribution in [0.3, 0.4) is 0 Å². The zero-order valence-electron chi connectivity index (χ0n) is 6.84. The van der Waals surface area contributed by atoms with Crippen molar-refractivity contribution in [3.05, 3.63) is 0 Å². The van der Waals surface area contributed by atoms with Crippen LogP contribution in [0.2, 0.25) is 0 Å². The maximum atomic E-state index is 10.7. The smallest absolute Gasteiger partial charge is 0.301 e. The predicted molar refractivity (Wildman–Crippen MR) is 37.3 cm³/mol. The summed E-state index contributed by atoms with van der Waals surface area (Å²) in [5.74, 6) is -0.856. The molecule has 0 spiro atoms. The number of carbonyl (C=O) groups is 1. The van der Waals surface area contributed by atoms with Gasteiger partial charge in [-0.2, -0.15) is 5.26 Å². The first-order valence-electron chi connectivity index (χ1n) is 3.25. The monoisotopic (exact) mass is 146 g/mol. The quantitative estimate of drug-likeness (QED) is 0.452. The van der Waals surface area contributed by atoms with Crippen molar-refractivity contribution >= 4 is 5.97 Å². The lowest BCUT2D eigenvalue weighted by atomic mass is 9.82. The molecule has 1 atom stereocenters. The molecule has 0 heterocycles. The van der Waals surface area contributed by atoms with E-state index in [9.17, 15) is 4.79 Å². The second kappa shape index (κ2) is 3.01. The molecule has 0 aromatic heterocycles. The highest BCUT2D eigenvalue weighted by atomic mass is 17.1. The van der Waals surface area contributed by atoms with Crippen molar-refractivity contribution in [3.8, 4) is 0 Å². The molecule has 0 aromatic rings. The van der Waals surface area contributed by atoms with Crippen LogP contribution in [0.15, 0.2) is 0 Å². The first-order chi connectivity index (χ1) is 4.39. The summed E-state index contributed by atoms with van der Waals surface area (Å²) in [5.41, 5.74) is -0.153. The minimum absolute atomic E-state index is 0.153. The Morgan fingerprint density at radius 1 is 1.50 bits per heavy atom. The number of carbonyl (C=O) groups excluding carboxylic acids is 1. The molecule has 3 heteroatoms. The predicted octanol–water partition coefficient (Wildman–Crippen LogP) is 1.68. The van der Waals surface area contributed by atoms with Crippen LogP contribution in [0, 0.1) is 11.3 Å². The Labute approximate surface area is 60.9 Å². The number of rotatable bonds is 1. The maximum absolute atomic E-state index is 10.7. The summed E-state index contributed by atoms with van der Waals surface area (Å²) in [6, 6.07) is 0. The van der Waals surface area contributed by atoms with Gasteiger partial charge in [0.05, 0.1) is 5.92 Å². The van der Waals surface area contributed by atoms with Gasteiger partial charge in [0, 0.05) is 0 Å². The molecular formula is C7H14O3. The van der Waals surface area contributed by atoms with E-state index in [1.165, 1.54) is 0 Å². The van der Waals surface area contributed by atoms with Crippen LogP contribution in [0.25, 0.3) is 0 Å². The summed E-state index contributed by atoms with van der Waals surface area (Å²) in [4.78, 5) is 14.3. The molecule has 0 bridgehead atoms. The van der Waals surface area contributed by atoms with E-state index in [2.05, 4.69) is 4.89 Å². The number of hydrogen-bond acceptors (Lipinski definition) is 3. The fourth-order valence-corrected chi connectivity index (χ4v) is 0.433. The van der Waals surface area contributed by atoms with E-state index in [0.29, 0.717) is 0 Å². The van der Waals surface area contributed by atoms with Crippen molar-refractivity contribution in [2.24, 2.45) is 11.3 Å². The second-order valence-corrected chi connectivity index (χ2v) is 3.50. The third-order valence-corrected chi connectivity index (χ3v) is 1.74. The molecular weight excluding hydrogens is 132 g/mol. The van der Waals surface area contributed by atoms with Crippen LogP contribution in [0.4, 0.5) is 0 Å². The fourth-order valence-electron chi connectivity index (χ4n) is 0.433. The first-order valence-corrected chi connectivity index (χ1v) is 3.25. The molecule has 0 fully saturated rings. The van der Waals surface area contributed by atoms with Crippen LogP contribution in [-0.2, 0) is 9.68 Å². The van der Waals surface area contributed by atoms with Gasteiger partial charge in [0.1, 0.15) is 0 Å². The lowest BCUT2D eigenvalue weighted by Crippen LogP contribution is -2.26. The van der Waals surface area contributed by atoms with Gasteiger partial charge >= 0.3 is 5.97 Å². The van der Waals surface area contributed by atoms with E-state index in [0.717, 1.165) is 0 Å². The molecule has 0 rings (SSSR count). The topological polar surface area (TPSA) is 46.5 Å². The standard InChI is InChI=1S/C7H14O3/c1-5(6(8)10-9)7(2,3)4/h5,9H,1-4H3/t5-/m1/s1. The van der Waals surface area contributed by atoms with Gasteiger partial charge in [-0.3, -0.25) is 0 Å². The Balaban J connectivity index is 4.08. The normalized spacial score (nSPS) is 14.5. The highest BCUT2D eigenvalue weighted by Crippen LogP contribution is 2.25. The van der Waals surface area contributed by atoms with Crippen molar-refractivity contribution in [3.63, 3.8) is 0 Å². The summed E-state index contributed by atoms with van der Waals surface area (Å²) < 4.78 is 0. The van der Waals surface area contributed by atoms with Crippen LogP contribution in [0.5, 0.6) is 0 Å². The minimum atomic E-state index is -0.576. The van der Waals surface area contributed by atoms with Crippen molar-refractivity contribution in [1.29, 1.82) is 0 Å². The largest absolute Gasteiger partial charge is 0.345 e. The lowest BCUT2D eigenvalue weighted by molar-refractivity contribution is -0.241. The van der Waals surface area contributed by atoms with Crippen LogP contribution < -0.4 is 0 Å². The Kier molecular flexibility index (Phi) is 2.84. The lowest BCUT2D eigenvalue weighted by Gasteiger charge is -2.23. The molecule has 0 saturated heterocycles. The molecule has 0 aromatic carbocycles. The summed E-state index contributed by atoms with van der Waals surface area (Å²) in [7, 11) is 0. The van der Waals surface area contributed by atoms with Crippen LogP contribution >= 0.6 is 0 Å². The van der Waals surface area contributed by atoms with Gasteiger partial charge in [-0.25, -0.2) is 4.79 Å². The molecule has 3 nitrogen and oxygen atoms in total. The molecule has 0 saturated carbocycles. The van der Waals surface area contributed by atoms with Gasteiger partial charge < -0.3 is 4.89 Å². The molecule has 0 aliphatic rings. The molecule has 0 aliphatic carbocycles. The third kappa shape index (κ3) is 2.35. The van der Waals surface area contributed by atoms with Crippen LogP contribution in [-0.4, -0.2) is 11.2 Å². The van der Waals surface area contributed by atoms with Crippen molar-refractivity contribution < 1.29 is 14.9 Å². The van der Waals surface area contributed by atoms with Gasteiger partial charge in [-0.1, -0.05) is 27.7 Å². The molecule has 10 heavy (non-hydrogen) atoms. The van der Waals surface area contributed by atoms with E-state index in [4.69, 9.17) is 5.26 Å². The van der Waals surface area contributed by atoms with Crippen molar-refractivity contribution in [1.82, 2.24) is 0 Å². The molecule has 0 amide bonds. The Morgan fingerprint density at radius 2 is 1.90 bits per heavy atom. The molecule has 0 aliphatic heterocycles. The van der Waals surface area contributed by atoms with Crippen LogP contribution in [0.1, 0.15) is 27.7 Å². The van der Waals surface area contributed by atoms with Gasteiger partial charge in [-0.05, 0) is 5.41 Å². The third-order valence-electron chi connectivity index (χ3n) is 1.74. The van der Waals surface area contributed by atoms with Gasteiger partial charge in [0.15, 0.2) is 0 Å². The van der Waals surface area contributed by atoms with E-state index in [1.807, 2.05) is 20.8 Å². The summed E-state index contributed by atoms with van der Waals surface area (Å²) in [6.07, 6.45) is 0. The highest BCUT2D eigenvalue weighted by molar-refractivity contribution is 5.72. The zero-order chi connectivity index (χ0) is 8.36. The van der Waals surface area contributed by atoms with Gasteiger partial charge in [0.2, 0.25) is 0 Å². The minimum Gasteiger partial charge on any atom is -0.301 e. The summed E-state index contributed by atoms with van der Waals surface area (Å²) >= 11 is 0. The molecule has 0 radical (unpaired) electrons. The number of hydrogen-bond donors (Lipinski definition) is 1. The van der Waals surface area contributed by atoms with Crippen molar-refractivity contribution in [2.75, 3.05) is 0 Å². The SMILES string of the molecule is C[C@H](C(=O)OO)C(C)(C)C. The maximum Gasteiger partial charge on any atom is 0.345 e. The van der Waals surface area contributed by atoms with E-state index in [-0.39, 0.29) is 11.3 Å². The van der Waals surface area contributed by atoms with Gasteiger partial charge in [0.25, 0.3) is 0 Å². The average molecular weight is 146 g/mol. The Hall–Kier alpha value is -0.570. The fraction of sp³-hybridized carbons (Fsp3) is 0.857. The molecule has 0 unspecified atom stereocenters. The Morgan fingerprint density at radius 3 is 2.00 bits per heavy atom. The van der Waals surface area contributed by atoms with Crippen molar-refractivity contribution in [2.45, 2.75) is 27.7 Å². The summed E-state index contributed by atoms with van der Waals surface area (Å²) in [5, 5.41) is 8.02. The molecule has 1 N–H and O–H groups in total. The molecule has 60 valence electrons. The summed E-state index contributed by atoms with van der Waals surface area (Å²) in [6.45, 7) is 7.45. The highest BCUT2D eigenvalue weighted by Gasteiger charge is 2.28. The average Bonchev–Trinajstić information content (AvgIpc) is 1.83. The van der Waals surface area contributed by atoms with E-state index in [1.54, 1.807) is 6.92 Å². The van der Waals surface area contributed by atoms with Gasteiger partial charge in [-0.15, -0.1) is 0 Å². The van der Waals surface area contributed by atoms with E-state index >= 15 is 0 Å². The first kappa shape index (κ1) is 9.43. The zero-order valence-corrected chi connectivity index (χ0v) is 6.84. The second-order valence-electron chi connectivity index (χ2n) is 3.50. The van der Waals surface area contributed by atoms with E-state index < -0.39 is 5.97 Å².